The number of hydrogen-bond acceptors (Lipinski definition) is 6. The first kappa shape index (κ1) is 15.0. The molecule has 0 bridgehead atoms. The number of nitrogens with one attached hydrogen (secondary N) is 1. The van der Waals surface area contributed by atoms with Crippen molar-refractivity contribution in [1.29, 1.82) is 0 Å². The van der Waals surface area contributed by atoms with Crippen molar-refractivity contribution in [2.45, 2.75) is 39.0 Å². The van der Waals surface area contributed by atoms with Gasteiger partial charge in [0.2, 0.25) is 11.8 Å². The van der Waals surface area contributed by atoms with E-state index in [0.717, 1.165) is 12.0 Å². The zero-order chi connectivity index (χ0) is 14.8. The molecule has 112 valence electrons. The van der Waals surface area contributed by atoms with Gasteiger partial charge in [-0.3, -0.25) is 0 Å². The highest BCUT2D eigenvalue weighted by molar-refractivity contribution is 5.34. The fourth-order valence-corrected chi connectivity index (χ4v) is 2.74. The zero-order valence-electron chi connectivity index (χ0n) is 12.8. The molecule has 0 spiro atoms. The Labute approximate surface area is 119 Å². The topological polar surface area (TPSA) is 65.5 Å². The van der Waals surface area contributed by atoms with E-state index in [-0.39, 0.29) is 5.41 Å². The smallest absolute Gasteiger partial charge is 0.224 e. The van der Waals surface area contributed by atoms with E-state index >= 15 is 0 Å². The van der Waals surface area contributed by atoms with Gasteiger partial charge in [0.1, 0.15) is 6.33 Å². The third-order valence-electron chi connectivity index (χ3n) is 4.24. The molecule has 1 saturated carbocycles. The molecule has 1 N–H and O–H groups in total. The molecule has 2 rings (SSSR count). The standard InChI is InChI=1S/C14H23N3O3/c1-14(2)10(6-11(14)18-3)15-7-9-12(19-4)16-8-17-13(9)20-5/h8,10-11,15H,6-7H2,1-5H3. The average Bonchev–Trinajstić information content (AvgIpc) is 2.46. The molecule has 0 saturated heterocycles. The molecule has 1 aliphatic carbocycles. The SMILES string of the molecule is COc1ncnc(OC)c1CNC1CC(OC)C1(C)C. The second-order valence-corrected chi connectivity index (χ2v) is 5.59. The van der Waals surface area contributed by atoms with E-state index < -0.39 is 0 Å². The van der Waals surface area contributed by atoms with E-state index in [2.05, 4.69) is 29.1 Å². The van der Waals surface area contributed by atoms with E-state index in [9.17, 15) is 0 Å². The van der Waals surface area contributed by atoms with E-state index in [1.807, 2.05) is 0 Å². The number of ether oxygens (including phenoxy) is 3. The number of nitrogens with zero attached hydrogens (tertiary/aromatic N) is 2. The Balaban J connectivity index is 2.05. The molecule has 0 amide bonds. The van der Waals surface area contributed by atoms with Gasteiger partial charge in [-0.05, 0) is 6.42 Å². The molecule has 20 heavy (non-hydrogen) atoms. The molecule has 1 heterocycles. The van der Waals surface area contributed by atoms with Gasteiger partial charge in [0, 0.05) is 25.1 Å². The first-order chi connectivity index (χ1) is 9.54. The zero-order valence-corrected chi connectivity index (χ0v) is 12.8. The van der Waals surface area contributed by atoms with Crippen LogP contribution in [0.2, 0.25) is 0 Å². The molecule has 0 aromatic carbocycles. The van der Waals surface area contributed by atoms with Crippen LogP contribution >= 0.6 is 0 Å². The number of rotatable bonds is 6. The fourth-order valence-electron chi connectivity index (χ4n) is 2.74. The van der Waals surface area contributed by atoms with Crippen molar-refractivity contribution in [3.05, 3.63) is 11.9 Å². The predicted molar refractivity (Wildman–Crippen MR) is 75.0 cm³/mol. The minimum Gasteiger partial charge on any atom is -0.481 e. The summed E-state index contributed by atoms with van der Waals surface area (Å²) < 4.78 is 16.0. The highest BCUT2D eigenvalue weighted by Crippen LogP contribution is 2.42. The summed E-state index contributed by atoms with van der Waals surface area (Å²) in [6.07, 6.45) is 2.74. The van der Waals surface area contributed by atoms with Crippen molar-refractivity contribution in [1.82, 2.24) is 15.3 Å². The van der Waals surface area contributed by atoms with E-state index in [0.29, 0.717) is 30.5 Å². The van der Waals surface area contributed by atoms with Crippen LogP contribution in [0.5, 0.6) is 11.8 Å². The van der Waals surface area contributed by atoms with E-state index in [1.165, 1.54) is 6.33 Å². The van der Waals surface area contributed by atoms with Crippen molar-refractivity contribution >= 4 is 0 Å². The third kappa shape index (κ3) is 2.58. The maximum atomic E-state index is 5.46. The Morgan fingerprint density at radius 2 is 1.80 bits per heavy atom. The quantitative estimate of drug-likeness (QED) is 0.850. The van der Waals surface area contributed by atoms with Crippen LogP contribution in [0, 0.1) is 5.41 Å². The van der Waals surface area contributed by atoms with Gasteiger partial charge in [0.15, 0.2) is 0 Å². The second kappa shape index (κ2) is 5.93. The third-order valence-corrected chi connectivity index (χ3v) is 4.24. The average molecular weight is 281 g/mol. The van der Waals surface area contributed by atoms with Gasteiger partial charge in [-0.15, -0.1) is 0 Å². The van der Waals surface area contributed by atoms with Gasteiger partial charge in [-0.2, -0.15) is 0 Å². The Kier molecular flexibility index (Phi) is 4.45. The lowest BCUT2D eigenvalue weighted by molar-refractivity contribution is -0.0979. The van der Waals surface area contributed by atoms with Crippen LogP contribution in [0.3, 0.4) is 0 Å². The van der Waals surface area contributed by atoms with Gasteiger partial charge < -0.3 is 19.5 Å². The maximum Gasteiger partial charge on any atom is 0.224 e. The minimum atomic E-state index is 0.116. The summed E-state index contributed by atoms with van der Waals surface area (Å²) in [6, 6.07) is 0.391. The molecular formula is C14H23N3O3. The maximum absolute atomic E-state index is 5.46. The van der Waals surface area contributed by atoms with Crippen LogP contribution < -0.4 is 14.8 Å². The summed E-state index contributed by atoms with van der Waals surface area (Å²) in [5.41, 5.74) is 0.958. The first-order valence-electron chi connectivity index (χ1n) is 6.72. The van der Waals surface area contributed by atoms with Crippen LogP contribution in [0.25, 0.3) is 0 Å². The fraction of sp³-hybridized carbons (Fsp3) is 0.714. The molecule has 2 unspecified atom stereocenters. The van der Waals surface area contributed by atoms with Crippen LogP contribution in [0.15, 0.2) is 6.33 Å². The van der Waals surface area contributed by atoms with Crippen molar-refractivity contribution in [3.63, 3.8) is 0 Å². The summed E-state index contributed by atoms with van der Waals surface area (Å²) in [5, 5.41) is 3.52. The summed E-state index contributed by atoms with van der Waals surface area (Å²) in [7, 11) is 4.96. The molecule has 1 aromatic heterocycles. The van der Waals surface area contributed by atoms with E-state index in [4.69, 9.17) is 14.2 Å². The molecule has 1 aliphatic rings. The molecule has 6 nitrogen and oxygen atoms in total. The Hall–Kier alpha value is -1.40. The molecule has 2 atom stereocenters. The first-order valence-corrected chi connectivity index (χ1v) is 6.72. The highest BCUT2D eigenvalue weighted by Gasteiger charge is 2.48. The van der Waals surface area contributed by atoms with Gasteiger partial charge in [-0.1, -0.05) is 13.8 Å². The molecule has 0 radical (unpaired) electrons. The Morgan fingerprint density at radius 3 is 2.25 bits per heavy atom. The molecule has 1 fully saturated rings. The molecule has 1 aromatic rings. The monoisotopic (exact) mass is 281 g/mol. The largest absolute Gasteiger partial charge is 0.481 e. The predicted octanol–water partition coefficient (Wildman–Crippen LogP) is 1.40. The van der Waals surface area contributed by atoms with Gasteiger partial charge in [-0.25, -0.2) is 9.97 Å². The van der Waals surface area contributed by atoms with Crippen LogP contribution in [0.1, 0.15) is 25.8 Å². The van der Waals surface area contributed by atoms with Crippen LogP contribution in [0.4, 0.5) is 0 Å². The molecule has 6 heteroatoms. The normalized spacial score (nSPS) is 24.1. The number of hydrogen-bond donors (Lipinski definition) is 1. The lowest BCUT2D eigenvalue weighted by Gasteiger charge is -2.51. The summed E-state index contributed by atoms with van der Waals surface area (Å²) in [6.45, 7) is 5.02. The number of aromatic nitrogens is 2. The summed E-state index contributed by atoms with van der Waals surface area (Å²) in [5.74, 6) is 1.09. The lowest BCUT2D eigenvalue weighted by atomic mass is 9.64. The van der Waals surface area contributed by atoms with E-state index in [1.54, 1.807) is 21.3 Å². The van der Waals surface area contributed by atoms with Gasteiger partial charge in [0.25, 0.3) is 0 Å². The van der Waals surface area contributed by atoms with Crippen LogP contribution in [-0.2, 0) is 11.3 Å². The van der Waals surface area contributed by atoms with Crippen molar-refractivity contribution in [2.24, 2.45) is 5.41 Å². The Bertz CT molecular complexity index is 443. The van der Waals surface area contributed by atoms with Crippen molar-refractivity contribution < 1.29 is 14.2 Å². The molecular weight excluding hydrogens is 258 g/mol. The number of methoxy groups -OCH3 is 3. The molecule has 0 aliphatic heterocycles. The lowest BCUT2D eigenvalue weighted by Crippen LogP contribution is -2.60. The van der Waals surface area contributed by atoms with Crippen LogP contribution in [-0.4, -0.2) is 43.4 Å². The highest BCUT2D eigenvalue weighted by atomic mass is 16.5. The Morgan fingerprint density at radius 1 is 1.20 bits per heavy atom. The summed E-state index contributed by atoms with van der Waals surface area (Å²) >= 11 is 0. The van der Waals surface area contributed by atoms with Gasteiger partial charge in [0.05, 0.1) is 25.9 Å². The van der Waals surface area contributed by atoms with Crippen molar-refractivity contribution in [2.75, 3.05) is 21.3 Å². The van der Waals surface area contributed by atoms with Gasteiger partial charge >= 0.3 is 0 Å². The minimum absolute atomic E-state index is 0.116. The summed E-state index contributed by atoms with van der Waals surface area (Å²) in [4.78, 5) is 8.23. The van der Waals surface area contributed by atoms with Crippen molar-refractivity contribution in [3.8, 4) is 11.8 Å². The second-order valence-electron chi connectivity index (χ2n) is 5.59.